The maximum atomic E-state index is 14.6. The molecule has 0 saturated carbocycles. The lowest BCUT2D eigenvalue weighted by Crippen LogP contribution is -2.29. The largest absolute Gasteiger partial charge is 0.368 e. The third kappa shape index (κ3) is 4.60. The van der Waals surface area contributed by atoms with Crippen molar-refractivity contribution < 1.29 is 23.5 Å². The molecule has 1 saturated heterocycles. The summed E-state index contributed by atoms with van der Waals surface area (Å²) >= 11 is 0. The predicted octanol–water partition coefficient (Wildman–Crippen LogP) is 4.87. The summed E-state index contributed by atoms with van der Waals surface area (Å²) in [5, 5.41) is 9.39. The third-order valence-electron chi connectivity index (χ3n) is 5.73. The molecule has 2 N–H and O–H groups in total. The summed E-state index contributed by atoms with van der Waals surface area (Å²) in [4.78, 5) is 25.5. The Morgan fingerprint density at radius 1 is 1.12 bits per heavy atom. The molecule has 172 valence electrons. The first-order chi connectivity index (χ1) is 15.9. The van der Waals surface area contributed by atoms with E-state index in [1.165, 1.54) is 12.3 Å². The first kappa shape index (κ1) is 22.9. The van der Waals surface area contributed by atoms with Crippen LogP contribution in [0.1, 0.15) is 55.4 Å². The quantitative estimate of drug-likeness (QED) is 0.422. The van der Waals surface area contributed by atoms with Gasteiger partial charge in [0, 0.05) is 23.5 Å². The number of amides is 1. The Morgan fingerprint density at radius 2 is 1.88 bits per heavy atom. The molecule has 3 aromatic rings. The highest BCUT2D eigenvalue weighted by Crippen LogP contribution is 2.40. The fourth-order valence-electron chi connectivity index (χ4n) is 4.09. The Balaban J connectivity index is 1.99. The van der Waals surface area contributed by atoms with E-state index in [4.69, 9.17) is 4.74 Å². The van der Waals surface area contributed by atoms with Gasteiger partial charge in [-0.3, -0.25) is 15.0 Å². The van der Waals surface area contributed by atoms with Crippen molar-refractivity contribution >= 4 is 5.91 Å². The zero-order valence-electron chi connectivity index (χ0n) is 18.3. The molecule has 7 nitrogen and oxygen atoms in total. The number of carbonyl (C=O) groups is 1. The van der Waals surface area contributed by atoms with E-state index < -0.39 is 29.2 Å². The van der Waals surface area contributed by atoms with Crippen LogP contribution in [-0.4, -0.2) is 32.2 Å². The van der Waals surface area contributed by atoms with Crippen LogP contribution in [0.5, 0.6) is 0 Å². The maximum Gasteiger partial charge on any atom is 0.294 e. The molecule has 0 spiro atoms. The van der Waals surface area contributed by atoms with Crippen LogP contribution in [0.2, 0.25) is 0 Å². The predicted molar refractivity (Wildman–Crippen MR) is 116 cm³/mol. The number of carbonyl (C=O) groups excluding carboxylic acids is 1. The van der Waals surface area contributed by atoms with Crippen LogP contribution in [-0.2, 0) is 4.74 Å². The Labute approximate surface area is 189 Å². The van der Waals surface area contributed by atoms with Gasteiger partial charge in [-0.15, -0.1) is 0 Å². The van der Waals surface area contributed by atoms with Gasteiger partial charge in [0.15, 0.2) is 5.82 Å². The number of halogens is 2. The van der Waals surface area contributed by atoms with Gasteiger partial charge in [-0.2, -0.15) is 0 Å². The van der Waals surface area contributed by atoms with E-state index in [-0.39, 0.29) is 23.5 Å². The maximum absolute atomic E-state index is 14.6. The minimum absolute atomic E-state index is 0.0378. The molecule has 33 heavy (non-hydrogen) atoms. The van der Waals surface area contributed by atoms with Crippen LogP contribution in [0.25, 0.3) is 22.5 Å². The van der Waals surface area contributed by atoms with E-state index in [1.807, 2.05) is 0 Å². The number of nitrogens with one attached hydrogen (secondary N) is 1. The first-order valence-corrected chi connectivity index (χ1v) is 10.8. The van der Waals surface area contributed by atoms with E-state index in [0.29, 0.717) is 23.2 Å². The monoisotopic (exact) mass is 454 g/mol. The number of hydroxylamine groups is 1. The topological polar surface area (TPSA) is 97.2 Å². The molecule has 2 unspecified atom stereocenters. The van der Waals surface area contributed by atoms with Crippen molar-refractivity contribution in [2.45, 2.75) is 45.3 Å². The molecule has 9 heteroatoms. The van der Waals surface area contributed by atoms with E-state index in [9.17, 15) is 18.8 Å². The van der Waals surface area contributed by atoms with Gasteiger partial charge in [-0.05, 0) is 43.4 Å². The summed E-state index contributed by atoms with van der Waals surface area (Å²) in [6.07, 6.45) is 4.86. The second kappa shape index (κ2) is 9.68. The van der Waals surface area contributed by atoms with Crippen LogP contribution in [0, 0.1) is 17.6 Å². The Kier molecular flexibility index (Phi) is 6.71. The Bertz CT molecular complexity index is 1140. The normalized spacial score (nSPS) is 18.4. The van der Waals surface area contributed by atoms with Crippen LogP contribution in [0.3, 0.4) is 0 Å². The SMILES string of the molecule is CC(C)C1CCCC(c2nc(-c3c(F)cccc3F)nc(C(=O)NO)c2-c2cccnc2)O1. The summed E-state index contributed by atoms with van der Waals surface area (Å²) < 4.78 is 35.5. The Hall–Kier alpha value is -3.30. The molecule has 1 amide bonds. The standard InChI is InChI=1S/C24H24F2N4O3/c1-13(2)17-9-4-10-18(33-17)21-19(14-6-5-11-27-12-14)22(24(31)30-32)29-23(28-21)20-15(25)7-3-8-16(20)26/h3,5-8,11-13,17-18,32H,4,9-10H2,1-2H3,(H,30,31). The second-order valence-corrected chi connectivity index (χ2v) is 8.27. The summed E-state index contributed by atoms with van der Waals surface area (Å²) in [5.74, 6) is -2.72. The van der Waals surface area contributed by atoms with Gasteiger partial charge < -0.3 is 4.74 Å². The minimum atomic E-state index is -0.938. The highest BCUT2D eigenvalue weighted by Gasteiger charge is 2.32. The number of rotatable bonds is 5. The molecule has 2 atom stereocenters. The van der Waals surface area contributed by atoms with Crippen molar-refractivity contribution in [2.24, 2.45) is 5.92 Å². The molecule has 0 bridgehead atoms. The van der Waals surface area contributed by atoms with Crippen LogP contribution >= 0.6 is 0 Å². The van der Waals surface area contributed by atoms with Crippen molar-refractivity contribution in [1.82, 2.24) is 20.4 Å². The highest BCUT2D eigenvalue weighted by atomic mass is 19.1. The van der Waals surface area contributed by atoms with Crippen molar-refractivity contribution in [2.75, 3.05) is 0 Å². The van der Waals surface area contributed by atoms with Gasteiger partial charge in [0.2, 0.25) is 0 Å². The van der Waals surface area contributed by atoms with Crippen LogP contribution < -0.4 is 5.48 Å². The molecule has 3 heterocycles. The number of nitrogens with zero attached hydrogens (tertiary/aromatic N) is 3. The van der Waals surface area contributed by atoms with Crippen LogP contribution in [0.4, 0.5) is 8.78 Å². The summed E-state index contributed by atoms with van der Waals surface area (Å²) in [6.45, 7) is 4.11. The molecule has 1 aliphatic rings. The van der Waals surface area contributed by atoms with Crippen molar-refractivity contribution in [3.05, 3.63) is 65.7 Å². The molecule has 2 aromatic heterocycles. The highest BCUT2D eigenvalue weighted by molar-refractivity contribution is 5.99. The first-order valence-electron chi connectivity index (χ1n) is 10.8. The van der Waals surface area contributed by atoms with Gasteiger partial charge >= 0.3 is 0 Å². The molecule has 1 aromatic carbocycles. The average Bonchev–Trinajstić information content (AvgIpc) is 2.83. The lowest BCUT2D eigenvalue weighted by Gasteiger charge is -2.33. The molecule has 4 rings (SSSR count). The average molecular weight is 454 g/mol. The van der Waals surface area contributed by atoms with E-state index in [1.54, 1.807) is 23.8 Å². The fraction of sp³-hybridized carbons (Fsp3) is 0.333. The van der Waals surface area contributed by atoms with Crippen LogP contribution in [0.15, 0.2) is 42.7 Å². The second-order valence-electron chi connectivity index (χ2n) is 8.27. The van der Waals surface area contributed by atoms with E-state index in [2.05, 4.69) is 28.8 Å². The van der Waals surface area contributed by atoms with Gasteiger partial charge in [-0.1, -0.05) is 26.0 Å². The molecule has 1 fully saturated rings. The smallest absolute Gasteiger partial charge is 0.294 e. The molecule has 0 radical (unpaired) electrons. The van der Waals surface area contributed by atoms with Crippen molar-refractivity contribution in [3.8, 4) is 22.5 Å². The molecule has 0 aliphatic carbocycles. The molecular weight excluding hydrogens is 430 g/mol. The fourth-order valence-corrected chi connectivity index (χ4v) is 4.09. The lowest BCUT2D eigenvalue weighted by molar-refractivity contribution is -0.0741. The number of aromatic nitrogens is 3. The van der Waals surface area contributed by atoms with Crippen molar-refractivity contribution in [3.63, 3.8) is 0 Å². The Morgan fingerprint density at radius 3 is 2.52 bits per heavy atom. The van der Waals surface area contributed by atoms with Gasteiger partial charge in [0.1, 0.15) is 23.4 Å². The zero-order valence-corrected chi connectivity index (χ0v) is 18.3. The van der Waals surface area contributed by atoms with E-state index >= 15 is 0 Å². The summed E-state index contributed by atoms with van der Waals surface area (Å²) in [5.41, 5.74) is 2.02. The number of hydrogen-bond donors (Lipinski definition) is 2. The number of ether oxygens (including phenoxy) is 1. The van der Waals surface area contributed by atoms with Crippen molar-refractivity contribution in [1.29, 1.82) is 0 Å². The van der Waals surface area contributed by atoms with E-state index in [0.717, 1.165) is 25.0 Å². The third-order valence-corrected chi connectivity index (χ3v) is 5.73. The summed E-state index contributed by atoms with van der Waals surface area (Å²) in [7, 11) is 0. The number of hydrogen-bond acceptors (Lipinski definition) is 6. The van der Waals surface area contributed by atoms with Gasteiger partial charge in [0.05, 0.1) is 17.4 Å². The minimum Gasteiger partial charge on any atom is -0.368 e. The lowest BCUT2D eigenvalue weighted by atomic mass is 9.92. The molecule has 1 aliphatic heterocycles. The number of benzene rings is 1. The summed E-state index contributed by atoms with van der Waals surface area (Å²) in [6, 6.07) is 6.82. The van der Waals surface area contributed by atoms with Gasteiger partial charge in [-0.25, -0.2) is 24.2 Å². The number of pyridine rings is 1. The molecular formula is C24H24F2N4O3. The van der Waals surface area contributed by atoms with Gasteiger partial charge in [0.25, 0.3) is 5.91 Å². The zero-order chi connectivity index (χ0) is 23.5.